The van der Waals surface area contributed by atoms with Crippen LogP contribution < -0.4 is 0 Å². The molecule has 1 aromatic rings. The molecule has 0 N–H and O–H groups in total. The Kier molecular flexibility index (Phi) is 4.61. The molecular weight excluding hydrogens is 312 g/mol. The Hall–Kier alpha value is -1.36. The maximum atomic E-state index is 13.3. The molecule has 1 saturated heterocycles. The normalized spacial score (nSPS) is 26.7. The first-order chi connectivity index (χ1) is 12.1. The zero-order valence-corrected chi connectivity index (χ0v) is 15.7. The molecule has 1 amide bonds. The number of carbonyl (C=O) groups excluding carboxylic acids is 1. The predicted molar refractivity (Wildman–Crippen MR) is 98.0 cm³/mol. The molecule has 2 heterocycles. The van der Waals surface area contributed by atoms with Crippen LogP contribution in [0.2, 0.25) is 0 Å². The molecule has 1 aliphatic heterocycles. The predicted octanol–water partition coefficient (Wildman–Crippen LogP) is 2.63. The van der Waals surface area contributed by atoms with Gasteiger partial charge in [0.2, 0.25) is 5.91 Å². The molecular formula is C20H32N4O. The van der Waals surface area contributed by atoms with Crippen LogP contribution in [0.15, 0.2) is 18.5 Å². The molecule has 0 radical (unpaired) electrons. The van der Waals surface area contributed by atoms with Crippen LogP contribution in [0.1, 0.15) is 46.0 Å². The summed E-state index contributed by atoms with van der Waals surface area (Å²) in [5, 5.41) is 4.32. The van der Waals surface area contributed by atoms with Crippen LogP contribution in [-0.4, -0.2) is 57.7 Å². The van der Waals surface area contributed by atoms with Gasteiger partial charge in [-0.1, -0.05) is 13.8 Å². The molecule has 5 nitrogen and oxygen atoms in total. The molecule has 25 heavy (non-hydrogen) atoms. The maximum absolute atomic E-state index is 13.3. The van der Waals surface area contributed by atoms with Crippen molar-refractivity contribution in [3.05, 3.63) is 18.5 Å². The Balaban J connectivity index is 1.45. The van der Waals surface area contributed by atoms with Gasteiger partial charge in [0.25, 0.3) is 0 Å². The van der Waals surface area contributed by atoms with Crippen molar-refractivity contribution in [1.82, 2.24) is 19.6 Å². The van der Waals surface area contributed by atoms with Crippen LogP contribution in [-0.2, 0) is 11.3 Å². The third kappa shape index (κ3) is 3.76. The van der Waals surface area contributed by atoms with Gasteiger partial charge in [0, 0.05) is 44.6 Å². The van der Waals surface area contributed by atoms with E-state index in [4.69, 9.17) is 0 Å². The number of hydrogen-bond acceptors (Lipinski definition) is 3. The fraction of sp³-hybridized carbons (Fsp3) is 0.800. The summed E-state index contributed by atoms with van der Waals surface area (Å²) in [5.74, 6) is 1.88. The van der Waals surface area contributed by atoms with Crippen LogP contribution >= 0.6 is 0 Å². The van der Waals surface area contributed by atoms with E-state index >= 15 is 0 Å². The van der Waals surface area contributed by atoms with E-state index in [1.807, 2.05) is 16.9 Å². The van der Waals surface area contributed by atoms with Crippen molar-refractivity contribution >= 4 is 5.91 Å². The molecule has 0 bridgehead atoms. The molecule has 0 spiro atoms. The van der Waals surface area contributed by atoms with E-state index < -0.39 is 0 Å². The maximum Gasteiger partial charge on any atom is 0.230 e. The highest BCUT2D eigenvalue weighted by atomic mass is 16.2. The number of hydrogen-bond donors (Lipinski definition) is 0. The van der Waals surface area contributed by atoms with E-state index in [1.54, 1.807) is 6.20 Å². The first kappa shape index (κ1) is 17.1. The molecule has 0 unspecified atom stereocenters. The van der Waals surface area contributed by atoms with Crippen molar-refractivity contribution in [3.63, 3.8) is 0 Å². The van der Waals surface area contributed by atoms with Gasteiger partial charge in [0.15, 0.2) is 0 Å². The number of nitrogens with zero attached hydrogens (tertiary/aromatic N) is 4. The average Bonchev–Trinajstić information content (AvgIpc) is 3.49. The molecule has 138 valence electrons. The SMILES string of the molecule is CC(C)[C@@H]1CN(C(=O)C2(Cn3cccn3)CC2)CCCN1CC1CC1. The summed E-state index contributed by atoms with van der Waals surface area (Å²) in [6.07, 6.45) is 9.72. The minimum atomic E-state index is -0.181. The van der Waals surface area contributed by atoms with Crippen molar-refractivity contribution in [2.45, 2.75) is 58.5 Å². The Labute approximate surface area is 151 Å². The van der Waals surface area contributed by atoms with Gasteiger partial charge in [0.1, 0.15) is 0 Å². The smallest absolute Gasteiger partial charge is 0.230 e. The van der Waals surface area contributed by atoms with E-state index in [0.717, 1.165) is 51.4 Å². The topological polar surface area (TPSA) is 41.4 Å². The van der Waals surface area contributed by atoms with Gasteiger partial charge < -0.3 is 4.90 Å². The molecule has 5 heteroatoms. The number of rotatable bonds is 6. The van der Waals surface area contributed by atoms with Crippen molar-refractivity contribution in [2.75, 3.05) is 26.2 Å². The van der Waals surface area contributed by atoms with E-state index in [9.17, 15) is 4.79 Å². The Morgan fingerprint density at radius 2 is 2.08 bits per heavy atom. The average molecular weight is 345 g/mol. The highest BCUT2D eigenvalue weighted by Gasteiger charge is 2.52. The molecule has 2 aliphatic carbocycles. The molecule has 2 saturated carbocycles. The summed E-state index contributed by atoms with van der Waals surface area (Å²) in [4.78, 5) is 18.2. The first-order valence-electron chi connectivity index (χ1n) is 10.1. The number of aromatic nitrogens is 2. The fourth-order valence-corrected chi connectivity index (χ4v) is 4.37. The molecule has 1 aromatic heterocycles. The molecule has 0 aromatic carbocycles. The largest absolute Gasteiger partial charge is 0.341 e. The van der Waals surface area contributed by atoms with Crippen molar-refractivity contribution in [2.24, 2.45) is 17.3 Å². The summed E-state index contributed by atoms with van der Waals surface area (Å²) >= 11 is 0. The van der Waals surface area contributed by atoms with Gasteiger partial charge in [0.05, 0.1) is 12.0 Å². The number of carbonyl (C=O) groups is 1. The summed E-state index contributed by atoms with van der Waals surface area (Å²) in [6, 6.07) is 2.45. The van der Waals surface area contributed by atoms with Crippen LogP contribution in [0.25, 0.3) is 0 Å². The second-order valence-electron chi connectivity index (χ2n) is 8.84. The minimum Gasteiger partial charge on any atom is -0.341 e. The van der Waals surface area contributed by atoms with Crippen molar-refractivity contribution in [3.8, 4) is 0 Å². The van der Waals surface area contributed by atoms with E-state index in [-0.39, 0.29) is 5.41 Å². The monoisotopic (exact) mass is 344 g/mol. The third-order valence-corrected chi connectivity index (χ3v) is 6.33. The third-order valence-electron chi connectivity index (χ3n) is 6.33. The Morgan fingerprint density at radius 1 is 1.28 bits per heavy atom. The van der Waals surface area contributed by atoms with E-state index in [1.165, 1.54) is 19.4 Å². The molecule has 4 rings (SSSR count). The van der Waals surface area contributed by atoms with Crippen LogP contribution in [0.3, 0.4) is 0 Å². The van der Waals surface area contributed by atoms with E-state index in [0.29, 0.717) is 17.9 Å². The summed E-state index contributed by atoms with van der Waals surface area (Å²) < 4.78 is 1.93. The zero-order valence-electron chi connectivity index (χ0n) is 15.7. The standard InChI is InChI=1S/C20H32N4O/c1-16(2)18-14-23(11-4-10-22(18)13-17-5-6-17)19(25)20(7-8-20)15-24-12-3-9-21-24/h3,9,12,16-18H,4-8,10-11,13-15H2,1-2H3/t18-/m0/s1. The second kappa shape index (κ2) is 6.75. The van der Waals surface area contributed by atoms with Gasteiger partial charge in [-0.2, -0.15) is 5.10 Å². The first-order valence-corrected chi connectivity index (χ1v) is 10.1. The van der Waals surface area contributed by atoms with Gasteiger partial charge >= 0.3 is 0 Å². The van der Waals surface area contributed by atoms with Crippen LogP contribution in [0.4, 0.5) is 0 Å². The van der Waals surface area contributed by atoms with Crippen molar-refractivity contribution < 1.29 is 4.79 Å². The lowest BCUT2D eigenvalue weighted by Gasteiger charge is -2.35. The Morgan fingerprint density at radius 3 is 2.68 bits per heavy atom. The van der Waals surface area contributed by atoms with Gasteiger partial charge in [-0.25, -0.2) is 0 Å². The quantitative estimate of drug-likeness (QED) is 0.797. The minimum absolute atomic E-state index is 0.181. The zero-order chi connectivity index (χ0) is 17.4. The highest BCUT2D eigenvalue weighted by molar-refractivity contribution is 5.85. The summed E-state index contributed by atoms with van der Waals surface area (Å²) in [7, 11) is 0. The number of amides is 1. The molecule has 3 aliphatic rings. The lowest BCUT2D eigenvalue weighted by Crippen LogP contribution is -2.48. The van der Waals surface area contributed by atoms with Gasteiger partial charge in [-0.3, -0.25) is 14.4 Å². The second-order valence-corrected chi connectivity index (χ2v) is 8.84. The lowest BCUT2D eigenvalue weighted by molar-refractivity contribution is -0.138. The summed E-state index contributed by atoms with van der Waals surface area (Å²) in [6.45, 7) is 9.59. The van der Waals surface area contributed by atoms with Crippen molar-refractivity contribution in [1.29, 1.82) is 0 Å². The van der Waals surface area contributed by atoms with Crippen LogP contribution in [0, 0.1) is 17.3 Å². The van der Waals surface area contributed by atoms with Gasteiger partial charge in [-0.15, -0.1) is 0 Å². The molecule has 1 atom stereocenters. The highest BCUT2D eigenvalue weighted by Crippen LogP contribution is 2.49. The summed E-state index contributed by atoms with van der Waals surface area (Å²) in [5.41, 5.74) is -0.181. The lowest BCUT2D eigenvalue weighted by atomic mass is 10.00. The van der Waals surface area contributed by atoms with E-state index in [2.05, 4.69) is 28.7 Å². The molecule has 3 fully saturated rings. The van der Waals surface area contributed by atoms with Gasteiger partial charge in [-0.05, 0) is 50.0 Å². The Bertz CT molecular complexity index is 589. The van der Waals surface area contributed by atoms with Crippen LogP contribution in [0.5, 0.6) is 0 Å². The fourth-order valence-electron chi connectivity index (χ4n) is 4.37.